The standard InChI is InChI=1S/C23H21NO4/c1-13-9-19(22-14(2)11-21(26)28-20(22)10-13)27-12-18(25)23-15(3)24(4)17-8-6-5-7-16(17)23/h5-11H,12H2,1-4H3. The van der Waals surface area contributed by atoms with E-state index in [9.17, 15) is 9.59 Å². The molecule has 0 N–H and O–H groups in total. The predicted molar refractivity (Wildman–Crippen MR) is 109 cm³/mol. The third-order valence-corrected chi connectivity index (χ3v) is 5.19. The zero-order valence-electron chi connectivity index (χ0n) is 16.3. The third-order valence-electron chi connectivity index (χ3n) is 5.19. The number of hydrogen-bond donors (Lipinski definition) is 0. The topological polar surface area (TPSA) is 61.4 Å². The van der Waals surface area contributed by atoms with Crippen LogP contribution in [0.2, 0.25) is 0 Å². The van der Waals surface area contributed by atoms with Crippen LogP contribution in [-0.4, -0.2) is 17.0 Å². The Kier molecular flexibility index (Phi) is 4.30. The van der Waals surface area contributed by atoms with Gasteiger partial charge in [-0.25, -0.2) is 4.79 Å². The lowest BCUT2D eigenvalue weighted by molar-refractivity contribution is 0.0923. The molecule has 0 amide bonds. The first-order chi connectivity index (χ1) is 13.4. The summed E-state index contributed by atoms with van der Waals surface area (Å²) in [5, 5.41) is 1.64. The summed E-state index contributed by atoms with van der Waals surface area (Å²) in [6.45, 7) is 5.57. The summed E-state index contributed by atoms with van der Waals surface area (Å²) in [5.41, 5.74) is 4.32. The highest BCUT2D eigenvalue weighted by Gasteiger charge is 2.19. The van der Waals surface area contributed by atoms with Gasteiger partial charge in [0, 0.05) is 35.3 Å². The van der Waals surface area contributed by atoms with Crippen LogP contribution in [0.1, 0.15) is 27.2 Å². The highest BCUT2D eigenvalue weighted by Crippen LogP contribution is 2.30. The minimum atomic E-state index is -0.399. The maximum atomic E-state index is 13.0. The number of aromatic nitrogens is 1. The Morgan fingerprint density at radius 2 is 1.86 bits per heavy atom. The van der Waals surface area contributed by atoms with Crippen LogP contribution in [0.5, 0.6) is 5.75 Å². The van der Waals surface area contributed by atoms with E-state index in [1.165, 1.54) is 6.07 Å². The minimum Gasteiger partial charge on any atom is -0.485 e. The lowest BCUT2D eigenvalue weighted by atomic mass is 10.1. The molecule has 5 heteroatoms. The number of hydrogen-bond acceptors (Lipinski definition) is 4. The Morgan fingerprint density at radius 1 is 1.11 bits per heavy atom. The predicted octanol–water partition coefficient (Wildman–Crippen LogP) is 4.47. The normalized spacial score (nSPS) is 11.3. The zero-order chi connectivity index (χ0) is 20.0. The summed E-state index contributed by atoms with van der Waals surface area (Å²) in [5.74, 6) is 0.460. The molecular weight excluding hydrogens is 354 g/mol. The Hall–Kier alpha value is -3.34. The molecule has 4 rings (SSSR count). The van der Waals surface area contributed by atoms with Gasteiger partial charge < -0.3 is 13.7 Å². The van der Waals surface area contributed by atoms with Crippen molar-refractivity contribution in [2.24, 2.45) is 7.05 Å². The molecule has 28 heavy (non-hydrogen) atoms. The molecule has 0 aliphatic rings. The molecule has 0 saturated carbocycles. The number of carbonyl (C=O) groups excluding carboxylic acids is 1. The van der Waals surface area contributed by atoms with Gasteiger partial charge in [-0.2, -0.15) is 0 Å². The van der Waals surface area contributed by atoms with Crippen molar-refractivity contribution in [1.82, 2.24) is 4.57 Å². The van der Waals surface area contributed by atoms with E-state index >= 15 is 0 Å². The van der Waals surface area contributed by atoms with Gasteiger partial charge in [0.2, 0.25) is 5.78 Å². The van der Waals surface area contributed by atoms with Crippen LogP contribution in [0.15, 0.2) is 51.7 Å². The van der Waals surface area contributed by atoms with E-state index in [-0.39, 0.29) is 12.4 Å². The van der Waals surface area contributed by atoms with Crippen molar-refractivity contribution in [1.29, 1.82) is 0 Å². The van der Waals surface area contributed by atoms with Crippen LogP contribution >= 0.6 is 0 Å². The average molecular weight is 375 g/mol. The van der Waals surface area contributed by atoms with E-state index in [2.05, 4.69) is 0 Å². The second-order valence-electron chi connectivity index (χ2n) is 7.13. The highest BCUT2D eigenvalue weighted by molar-refractivity contribution is 6.10. The van der Waals surface area contributed by atoms with Gasteiger partial charge >= 0.3 is 5.63 Å². The van der Waals surface area contributed by atoms with Crippen molar-refractivity contribution in [2.45, 2.75) is 20.8 Å². The molecule has 0 atom stereocenters. The van der Waals surface area contributed by atoms with Crippen molar-refractivity contribution in [2.75, 3.05) is 6.61 Å². The molecule has 0 aliphatic carbocycles. The molecule has 0 saturated heterocycles. The second-order valence-corrected chi connectivity index (χ2v) is 7.13. The second kappa shape index (κ2) is 6.68. The number of rotatable bonds is 4. The number of Topliss-reactive ketones (excluding diaryl/α,β-unsaturated/α-hetero) is 1. The molecule has 2 aromatic carbocycles. The number of benzene rings is 2. The first-order valence-electron chi connectivity index (χ1n) is 9.12. The van der Waals surface area contributed by atoms with E-state index in [4.69, 9.17) is 9.15 Å². The summed E-state index contributed by atoms with van der Waals surface area (Å²) in [7, 11) is 1.95. The van der Waals surface area contributed by atoms with Crippen molar-refractivity contribution in [3.05, 3.63) is 75.3 Å². The van der Waals surface area contributed by atoms with E-state index in [0.29, 0.717) is 22.3 Å². The molecule has 0 aliphatic heterocycles. The molecular formula is C23H21NO4. The number of fused-ring (bicyclic) bond motifs is 2. The summed E-state index contributed by atoms with van der Waals surface area (Å²) in [6, 6.07) is 12.9. The van der Waals surface area contributed by atoms with Crippen molar-refractivity contribution >= 4 is 27.7 Å². The van der Waals surface area contributed by atoms with Crippen molar-refractivity contribution in [3.8, 4) is 5.75 Å². The molecule has 5 nitrogen and oxygen atoms in total. The molecule has 0 unspecified atom stereocenters. The minimum absolute atomic E-state index is 0.0843. The summed E-state index contributed by atoms with van der Waals surface area (Å²) in [4.78, 5) is 24.7. The molecule has 0 radical (unpaired) electrons. The number of ether oxygens (including phenoxy) is 1. The quantitative estimate of drug-likeness (QED) is 0.390. The smallest absolute Gasteiger partial charge is 0.336 e. The Morgan fingerprint density at radius 3 is 2.64 bits per heavy atom. The number of nitrogens with zero attached hydrogens (tertiary/aromatic N) is 1. The fraction of sp³-hybridized carbons (Fsp3) is 0.217. The molecule has 0 spiro atoms. The maximum absolute atomic E-state index is 13.0. The number of ketones is 1. The van der Waals surface area contributed by atoms with Crippen LogP contribution in [0, 0.1) is 20.8 Å². The largest absolute Gasteiger partial charge is 0.485 e. The lowest BCUT2D eigenvalue weighted by Crippen LogP contribution is -2.13. The maximum Gasteiger partial charge on any atom is 0.336 e. The number of aryl methyl sites for hydroxylation is 3. The van der Waals surface area contributed by atoms with Crippen molar-refractivity contribution < 1.29 is 13.9 Å². The number of para-hydroxylation sites is 1. The third kappa shape index (κ3) is 2.89. The molecule has 4 aromatic rings. The first kappa shape index (κ1) is 18.0. The summed E-state index contributed by atoms with van der Waals surface area (Å²) >= 11 is 0. The lowest BCUT2D eigenvalue weighted by Gasteiger charge is -2.11. The van der Waals surface area contributed by atoms with Crippen molar-refractivity contribution in [3.63, 3.8) is 0 Å². The van der Waals surface area contributed by atoms with Crippen LogP contribution in [0.4, 0.5) is 0 Å². The highest BCUT2D eigenvalue weighted by atomic mass is 16.5. The molecule has 2 aromatic heterocycles. The van der Waals surface area contributed by atoms with Gasteiger partial charge in [-0.05, 0) is 50.1 Å². The monoisotopic (exact) mass is 375 g/mol. The van der Waals surface area contributed by atoms with Gasteiger partial charge in [0.1, 0.15) is 11.3 Å². The van der Waals surface area contributed by atoms with Gasteiger partial charge in [-0.3, -0.25) is 4.79 Å². The molecule has 142 valence electrons. The average Bonchev–Trinajstić information content (AvgIpc) is 2.90. The van der Waals surface area contributed by atoms with Gasteiger partial charge in [0.15, 0.2) is 6.61 Å². The van der Waals surface area contributed by atoms with Gasteiger partial charge in [0.25, 0.3) is 0 Å². The molecule has 0 bridgehead atoms. The SMILES string of the molecule is Cc1cc(OCC(=O)c2c(C)n(C)c3ccccc23)c2c(C)cc(=O)oc2c1. The summed E-state index contributed by atoms with van der Waals surface area (Å²) < 4.78 is 13.3. The Labute approximate surface area is 162 Å². The van der Waals surface area contributed by atoms with Crippen LogP contribution in [0.25, 0.3) is 21.9 Å². The van der Waals surface area contributed by atoms with Gasteiger partial charge in [-0.1, -0.05) is 18.2 Å². The zero-order valence-corrected chi connectivity index (χ0v) is 16.3. The first-order valence-corrected chi connectivity index (χ1v) is 9.12. The van der Waals surface area contributed by atoms with Crippen LogP contribution < -0.4 is 10.4 Å². The molecule has 0 fully saturated rings. The van der Waals surface area contributed by atoms with Crippen LogP contribution in [-0.2, 0) is 7.05 Å². The van der Waals surface area contributed by atoms with Gasteiger partial charge in [0.05, 0.1) is 5.39 Å². The Bertz CT molecular complexity index is 1290. The Balaban J connectivity index is 1.72. The fourth-order valence-corrected chi connectivity index (χ4v) is 3.78. The van der Waals surface area contributed by atoms with Crippen LogP contribution in [0.3, 0.4) is 0 Å². The van der Waals surface area contributed by atoms with Gasteiger partial charge in [-0.15, -0.1) is 0 Å². The number of carbonyl (C=O) groups is 1. The van der Waals surface area contributed by atoms with E-state index in [1.807, 2.05) is 62.7 Å². The van der Waals surface area contributed by atoms with E-state index in [0.717, 1.165) is 27.7 Å². The molecule has 2 heterocycles. The fourth-order valence-electron chi connectivity index (χ4n) is 3.78. The van der Waals surface area contributed by atoms with E-state index < -0.39 is 5.63 Å². The van der Waals surface area contributed by atoms with E-state index in [1.54, 1.807) is 6.07 Å². The summed E-state index contributed by atoms with van der Waals surface area (Å²) in [6.07, 6.45) is 0.